The minimum absolute atomic E-state index is 0.163. The second-order valence-corrected chi connectivity index (χ2v) is 8.99. The summed E-state index contributed by atoms with van der Waals surface area (Å²) in [4.78, 5) is 25.4. The monoisotopic (exact) mass is 376 g/mol. The van der Waals surface area contributed by atoms with E-state index in [1.807, 2.05) is 6.07 Å². The fraction of sp³-hybridized carbons (Fsp3) is 0.714. The van der Waals surface area contributed by atoms with Gasteiger partial charge in [0.15, 0.2) is 0 Å². The van der Waals surface area contributed by atoms with E-state index in [0.717, 1.165) is 5.56 Å². The Labute approximate surface area is 159 Å². The van der Waals surface area contributed by atoms with Gasteiger partial charge in [-0.15, -0.1) is 0 Å². The summed E-state index contributed by atoms with van der Waals surface area (Å²) in [5, 5.41) is 11.0. The summed E-state index contributed by atoms with van der Waals surface area (Å²) >= 11 is 0. The van der Waals surface area contributed by atoms with Gasteiger partial charge in [-0.25, -0.2) is 0 Å². The minimum Gasteiger partial charge on any atom is -0.472 e. The summed E-state index contributed by atoms with van der Waals surface area (Å²) in [5.74, 6) is -1.08. The van der Waals surface area contributed by atoms with Crippen molar-refractivity contribution in [3.05, 3.63) is 24.2 Å². The van der Waals surface area contributed by atoms with E-state index in [1.54, 1.807) is 12.5 Å². The van der Waals surface area contributed by atoms with Crippen LogP contribution in [0.5, 0.6) is 0 Å². The van der Waals surface area contributed by atoms with Crippen LogP contribution < -0.4 is 0 Å². The van der Waals surface area contributed by atoms with Crippen molar-refractivity contribution < 1.29 is 28.6 Å². The number of cyclic esters (lactones) is 1. The van der Waals surface area contributed by atoms with Gasteiger partial charge in [0.05, 0.1) is 37.6 Å². The highest BCUT2D eigenvalue weighted by Crippen LogP contribution is 2.65. The molecule has 6 nitrogen and oxygen atoms in total. The van der Waals surface area contributed by atoms with Crippen molar-refractivity contribution in [1.29, 1.82) is 0 Å². The standard InChI is InChI=1S/C21H28O6/c1-20-8-6-14-19(24)27-16(12-7-9-26-11-12)10-21(14,2)17(20)15(22)5-4-13(20)18(23)25-3/h7,9,11,13-17,22H,4-6,8,10H2,1-3H3/t13-,14+,15-,16-,17-,20-,21-/m0/s1. The van der Waals surface area contributed by atoms with Crippen LogP contribution in [0.25, 0.3) is 0 Å². The van der Waals surface area contributed by atoms with E-state index < -0.39 is 16.9 Å². The third-order valence-corrected chi connectivity index (χ3v) is 7.69. The predicted octanol–water partition coefficient (Wildman–Crippen LogP) is 3.25. The lowest BCUT2D eigenvalue weighted by atomic mass is 9.43. The van der Waals surface area contributed by atoms with Crippen molar-refractivity contribution in [1.82, 2.24) is 0 Å². The lowest BCUT2D eigenvalue weighted by Gasteiger charge is -2.62. The van der Waals surface area contributed by atoms with E-state index >= 15 is 0 Å². The Morgan fingerprint density at radius 2 is 2.04 bits per heavy atom. The maximum absolute atomic E-state index is 12.9. The number of esters is 2. The summed E-state index contributed by atoms with van der Waals surface area (Å²) in [6.45, 7) is 4.19. The van der Waals surface area contributed by atoms with Crippen LogP contribution in [0.3, 0.4) is 0 Å². The highest BCUT2D eigenvalue weighted by molar-refractivity contribution is 5.76. The molecule has 3 fully saturated rings. The number of furan rings is 1. The summed E-state index contributed by atoms with van der Waals surface area (Å²) < 4.78 is 16.0. The molecule has 3 aliphatic rings. The lowest BCUT2D eigenvalue weighted by Crippen LogP contribution is -2.62. The number of hydrogen-bond acceptors (Lipinski definition) is 6. The molecule has 7 atom stereocenters. The molecule has 0 spiro atoms. The number of methoxy groups -OCH3 is 1. The van der Waals surface area contributed by atoms with Crippen LogP contribution in [0, 0.1) is 28.6 Å². The van der Waals surface area contributed by atoms with E-state index in [1.165, 1.54) is 7.11 Å². The molecule has 4 rings (SSSR count). The zero-order chi connectivity index (χ0) is 19.4. The zero-order valence-corrected chi connectivity index (χ0v) is 16.1. The number of fused-ring (bicyclic) bond motifs is 3. The molecule has 0 aromatic carbocycles. The van der Waals surface area contributed by atoms with Crippen molar-refractivity contribution >= 4 is 11.9 Å². The fourth-order valence-corrected chi connectivity index (χ4v) is 6.51. The molecule has 0 amide bonds. The van der Waals surface area contributed by atoms with E-state index in [0.29, 0.717) is 32.1 Å². The molecule has 1 aliphatic heterocycles. The number of aliphatic hydroxyl groups excluding tert-OH is 1. The van der Waals surface area contributed by atoms with Crippen LogP contribution in [-0.2, 0) is 19.1 Å². The van der Waals surface area contributed by atoms with Gasteiger partial charge in [0.25, 0.3) is 0 Å². The maximum atomic E-state index is 12.9. The van der Waals surface area contributed by atoms with Crippen molar-refractivity contribution in [2.45, 2.75) is 58.2 Å². The van der Waals surface area contributed by atoms with Crippen molar-refractivity contribution in [2.75, 3.05) is 7.11 Å². The van der Waals surface area contributed by atoms with Crippen LogP contribution in [0.2, 0.25) is 0 Å². The van der Waals surface area contributed by atoms with E-state index in [4.69, 9.17) is 13.9 Å². The van der Waals surface area contributed by atoms with Gasteiger partial charge in [-0.1, -0.05) is 13.8 Å². The topological polar surface area (TPSA) is 86.0 Å². The Morgan fingerprint density at radius 1 is 1.26 bits per heavy atom. The summed E-state index contributed by atoms with van der Waals surface area (Å²) in [5.41, 5.74) is -0.00423. The quantitative estimate of drug-likeness (QED) is 0.798. The summed E-state index contributed by atoms with van der Waals surface area (Å²) in [6.07, 6.45) is 5.42. The highest BCUT2D eigenvalue weighted by atomic mass is 16.5. The maximum Gasteiger partial charge on any atom is 0.310 e. The van der Waals surface area contributed by atoms with Crippen LogP contribution in [0.4, 0.5) is 0 Å². The molecule has 2 saturated carbocycles. The largest absolute Gasteiger partial charge is 0.472 e. The Balaban J connectivity index is 1.74. The number of ether oxygens (including phenoxy) is 2. The SMILES string of the molecule is COC(=O)[C@@H]1CC[C@H](O)[C@@H]2[C@@]3(C)C[C@@H](c4ccoc4)OC(=O)[C@H]3CC[C@]21C. The average molecular weight is 376 g/mol. The van der Waals surface area contributed by atoms with Gasteiger partial charge in [-0.3, -0.25) is 9.59 Å². The minimum atomic E-state index is -0.542. The van der Waals surface area contributed by atoms with Gasteiger partial charge in [0.1, 0.15) is 6.10 Å². The highest BCUT2D eigenvalue weighted by Gasteiger charge is 2.65. The first-order chi connectivity index (χ1) is 12.8. The summed E-state index contributed by atoms with van der Waals surface area (Å²) in [6, 6.07) is 1.82. The Morgan fingerprint density at radius 3 is 2.70 bits per heavy atom. The van der Waals surface area contributed by atoms with E-state index in [2.05, 4.69) is 13.8 Å². The average Bonchev–Trinajstić information content (AvgIpc) is 3.14. The molecule has 27 heavy (non-hydrogen) atoms. The third kappa shape index (κ3) is 2.64. The van der Waals surface area contributed by atoms with Gasteiger partial charge in [-0.2, -0.15) is 0 Å². The Bertz CT molecular complexity index is 727. The van der Waals surface area contributed by atoms with Gasteiger partial charge >= 0.3 is 11.9 Å². The van der Waals surface area contributed by atoms with Crippen molar-refractivity contribution in [3.8, 4) is 0 Å². The molecule has 0 radical (unpaired) electrons. The first kappa shape index (κ1) is 18.5. The van der Waals surface area contributed by atoms with Gasteiger partial charge in [0, 0.05) is 5.56 Å². The summed E-state index contributed by atoms with van der Waals surface area (Å²) in [7, 11) is 1.42. The van der Waals surface area contributed by atoms with Crippen LogP contribution in [-0.4, -0.2) is 30.3 Å². The molecular weight excluding hydrogens is 348 g/mol. The molecule has 0 bridgehead atoms. The van der Waals surface area contributed by atoms with Crippen LogP contribution in [0.1, 0.15) is 57.6 Å². The Hall–Kier alpha value is -1.82. The second kappa shape index (κ2) is 6.36. The number of carbonyl (C=O) groups is 2. The number of hydrogen-bond donors (Lipinski definition) is 1. The molecule has 6 heteroatoms. The molecule has 148 valence electrons. The van der Waals surface area contributed by atoms with Crippen LogP contribution >= 0.6 is 0 Å². The molecule has 0 unspecified atom stereocenters. The first-order valence-corrected chi connectivity index (χ1v) is 9.79. The normalized spacial score (nSPS) is 44.0. The number of rotatable bonds is 2. The van der Waals surface area contributed by atoms with Gasteiger partial charge in [-0.05, 0) is 54.9 Å². The molecular formula is C21H28O6. The lowest BCUT2D eigenvalue weighted by molar-refractivity contribution is -0.220. The third-order valence-electron chi connectivity index (χ3n) is 7.69. The zero-order valence-electron chi connectivity index (χ0n) is 16.1. The molecule has 1 aromatic rings. The van der Waals surface area contributed by atoms with E-state index in [9.17, 15) is 14.7 Å². The number of aliphatic hydroxyl groups is 1. The smallest absolute Gasteiger partial charge is 0.310 e. The predicted molar refractivity (Wildman–Crippen MR) is 95.3 cm³/mol. The van der Waals surface area contributed by atoms with Crippen molar-refractivity contribution in [3.63, 3.8) is 0 Å². The molecule has 2 aliphatic carbocycles. The molecule has 1 aromatic heterocycles. The second-order valence-electron chi connectivity index (χ2n) is 8.99. The van der Waals surface area contributed by atoms with Crippen LogP contribution in [0.15, 0.2) is 23.0 Å². The Kier molecular flexibility index (Phi) is 4.37. The van der Waals surface area contributed by atoms with E-state index in [-0.39, 0.29) is 35.8 Å². The number of carbonyl (C=O) groups excluding carboxylic acids is 2. The molecule has 1 N–H and O–H groups in total. The molecule has 1 saturated heterocycles. The first-order valence-electron chi connectivity index (χ1n) is 9.79. The molecule has 2 heterocycles. The van der Waals surface area contributed by atoms with Gasteiger partial charge < -0.3 is 19.0 Å². The van der Waals surface area contributed by atoms with Gasteiger partial charge in [0.2, 0.25) is 0 Å². The fourth-order valence-electron chi connectivity index (χ4n) is 6.51. The van der Waals surface area contributed by atoms with Crippen molar-refractivity contribution in [2.24, 2.45) is 28.6 Å².